The summed E-state index contributed by atoms with van der Waals surface area (Å²) in [6, 6.07) is 0. The van der Waals surface area contributed by atoms with Crippen LogP contribution in [0.25, 0.3) is 0 Å². The molecule has 0 spiro atoms. The fourth-order valence-corrected chi connectivity index (χ4v) is 0.866. The van der Waals surface area contributed by atoms with E-state index in [-0.39, 0.29) is 12.6 Å². The first kappa shape index (κ1) is 13.9. The van der Waals surface area contributed by atoms with E-state index in [1.165, 1.54) is 0 Å². The second-order valence-electron chi connectivity index (χ2n) is 2.07. The Morgan fingerprint density at radius 2 is 2.09 bits per heavy atom. The fraction of sp³-hybridized carbons (Fsp3) is 0.833. The van der Waals surface area contributed by atoms with Gasteiger partial charge in [0, 0.05) is 0 Å². The van der Waals surface area contributed by atoms with Gasteiger partial charge in [-0.25, -0.2) is 0 Å². The van der Waals surface area contributed by atoms with E-state index >= 15 is 0 Å². The molecule has 1 atom stereocenters. The monoisotopic (exact) mass is 171 g/mol. The predicted octanol–water partition coefficient (Wildman–Crippen LogP) is -0.626. The molecule has 62 valence electrons. The van der Waals surface area contributed by atoms with E-state index in [1.807, 2.05) is 6.92 Å². The number of carbonyl (C=O) groups is 1. The molecule has 0 aliphatic carbocycles. The van der Waals surface area contributed by atoms with Gasteiger partial charge < -0.3 is 10.8 Å². The van der Waals surface area contributed by atoms with Crippen molar-refractivity contribution in [3.8, 4) is 0 Å². The molecule has 4 N–H and O–H groups in total. The van der Waals surface area contributed by atoms with Gasteiger partial charge in [-0.1, -0.05) is 0 Å². The molecule has 0 aliphatic heterocycles. The van der Waals surface area contributed by atoms with Crippen LogP contribution in [0.15, 0.2) is 0 Å². The Morgan fingerprint density at radius 3 is 2.09 bits per heavy atom. The molecule has 0 amide bonds. The van der Waals surface area contributed by atoms with Crippen LogP contribution in [0, 0.1) is 0 Å². The van der Waals surface area contributed by atoms with Crippen molar-refractivity contribution < 1.29 is 15.0 Å². The molecular formula is C6H14NNaO3. The largest absolute Gasteiger partial charge is 0.480 e. The van der Waals surface area contributed by atoms with Crippen LogP contribution < -0.4 is 5.73 Å². The second-order valence-corrected chi connectivity index (χ2v) is 2.88. The second kappa shape index (κ2) is 10.4. The van der Waals surface area contributed by atoms with Crippen molar-refractivity contribution in [2.24, 2.45) is 5.73 Å². The van der Waals surface area contributed by atoms with Crippen molar-refractivity contribution in [1.82, 2.24) is 0 Å². The van der Waals surface area contributed by atoms with E-state index in [1.54, 1.807) is 0 Å². The van der Waals surface area contributed by atoms with Gasteiger partial charge in [-0.05, 0) is 0 Å². The molecule has 0 fully saturated rings. The maximum Gasteiger partial charge on any atom is 0.317 e. The standard InChI is InChI=1S/C4H9O.C2H5NO2.Na/c1-3-4(2)5;3-1-2(4)5;/h4-5H,2-3H2,1H3;1,3H2,(H,4,5);. The van der Waals surface area contributed by atoms with Crippen molar-refractivity contribution in [3.63, 3.8) is 0 Å². The Bertz CT molecular complexity index is 95.8. The number of aliphatic hydroxyl groups excluding tert-OH is 1. The van der Waals surface area contributed by atoms with Gasteiger partial charge in [-0.2, -0.15) is 0 Å². The van der Waals surface area contributed by atoms with Crippen LogP contribution in [0.4, 0.5) is 0 Å². The average Bonchev–Trinajstić information content (AvgIpc) is 2.04. The van der Waals surface area contributed by atoms with E-state index in [9.17, 15) is 4.79 Å². The maximum atomic E-state index is 9.24. The SMILES string of the molecule is CCC(O)[CH2][Na].NCC(=O)O. The Morgan fingerprint density at radius 1 is 1.73 bits per heavy atom. The Balaban J connectivity index is 0. The normalized spacial score (nSPS) is 11.4. The van der Waals surface area contributed by atoms with Crippen LogP contribution in [0.5, 0.6) is 0 Å². The van der Waals surface area contributed by atoms with Gasteiger partial charge >= 0.3 is 62.1 Å². The number of aliphatic hydroxyl groups is 1. The summed E-state index contributed by atoms with van der Waals surface area (Å²) in [7, 11) is 0. The number of nitrogens with two attached hydrogens (primary N) is 1. The summed E-state index contributed by atoms with van der Waals surface area (Å²) in [5, 5.41) is 16.3. The summed E-state index contributed by atoms with van der Waals surface area (Å²) in [4.78, 5) is 9.24. The van der Waals surface area contributed by atoms with Crippen LogP contribution in [-0.2, 0) is 4.79 Å². The number of carboxylic acid groups (broad SMARTS) is 1. The van der Waals surface area contributed by atoms with E-state index in [2.05, 4.69) is 5.73 Å². The third kappa shape index (κ3) is 17.9. The summed E-state index contributed by atoms with van der Waals surface area (Å²) < 4.78 is 1.02. The summed E-state index contributed by atoms with van der Waals surface area (Å²) in [5.41, 5.74) is 4.57. The van der Waals surface area contributed by atoms with Crippen molar-refractivity contribution >= 4 is 33.9 Å². The fourth-order valence-electron chi connectivity index (χ4n) is 0.289. The van der Waals surface area contributed by atoms with Crippen LogP contribution in [0.3, 0.4) is 0 Å². The van der Waals surface area contributed by atoms with E-state index < -0.39 is 5.97 Å². The molecule has 0 radical (unpaired) electrons. The number of hydrogen-bond acceptors (Lipinski definition) is 3. The number of aliphatic carboxylic acids is 1. The minimum atomic E-state index is -0.968. The molecule has 0 aromatic carbocycles. The molecule has 11 heavy (non-hydrogen) atoms. The third-order valence-corrected chi connectivity index (χ3v) is 2.06. The van der Waals surface area contributed by atoms with Crippen LogP contribution in [-0.4, -0.2) is 56.8 Å². The topological polar surface area (TPSA) is 83.5 Å². The van der Waals surface area contributed by atoms with Gasteiger partial charge in [0.05, 0.1) is 6.54 Å². The molecular weight excluding hydrogens is 157 g/mol. The van der Waals surface area contributed by atoms with Gasteiger partial charge in [0.25, 0.3) is 0 Å². The molecule has 0 rings (SSSR count). The van der Waals surface area contributed by atoms with Gasteiger partial charge in [-0.3, -0.25) is 4.79 Å². The van der Waals surface area contributed by atoms with Crippen molar-refractivity contribution in [1.29, 1.82) is 0 Å². The Kier molecular flexibility index (Phi) is 13.2. The average molecular weight is 171 g/mol. The van der Waals surface area contributed by atoms with Gasteiger partial charge in [0.1, 0.15) is 0 Å². The molecule has 0 bridgehead atoms. The van der Waals surface area contributed by atoms with E-state index in [0.29, 0.717) is 0 Å². The van der Waals surface area contributed by atoms with Crippen LogP contribution >= 0.6 is 0 Å². The summed E-state index contributed by atoms with van der Waals surface area (Å²) in [5.74, 6) is -0.968. The first-order chi connectivity index (χ1) is 5.08. The first-order valence-electron chi connectivity index (χ1n) is 3.68. The molecule has 0 aromatic rings. The molecule has 5 heteroatoms. The summed E-state index contributed by atoms with van der Waals surface area (Å²) in [6.07, 6.45) is 0.917. The first-order valence-corrected chi connectivity index (χ1v) is 5.09. The zero-order chi connectivity index (χ0) is 9.28. The number of hydrogen-bond donors (Lipinski definition) is 3. The zero-order valence-electron chi connectivity index (χ0n) is 7.08. The maximum absolute atomic E-state index is 9.24. The van der Waals surface area contributed by atoms with Gasteiger partial charge in [-0.15, -0.1) is 0 Å². The molecule has 1 unspecified atom stereocenters. The van der Waals surface area contributed by atoms with Crippen molar-refractivity contribution in [2.75, 3.05) is 6.54 Å². The minimum Gasteiger partial charge on any atom is -0.480 e. The number of rotatable bonds is 3. The van der Waals surface area contributed by atoms with Gasteiger partial charge in [0.2, 0.25) is 0 Å². The molecule has 0 aliphatic rings. The molecule has 4 nitrogen and oxygen atoms in total. The quantitative estimate of drug-likeness (QED) is 0.494. The minimum absolute atomic E-state index is 0.00309. The Labute approximate surface area is 84.2 Å². The zero-order valence-corrected chi connectivity index (χ0v) is 9.08. The Hall–Kier alpha value is 0.390. The van der Waals surface area contributed by atoms with E-state index in [4.69, 9.17) is 10.2 Å². The molecule has 0 heterocycles. The summed E-state index contributed by atoms with van der Waals surface area (Å²) in [6.45, 7) is 1.72. The van der Waals surface area contributed by atoms with Crippen molar-refractivity contribution in [3.05, 3.63) is 0 Å². The van der Waals surface area contributed by atoms with E-state index in [0.717, 1.165) is 38.0 Å². The van der Waals surface area contributed by atoms with Crippen LogP contribution in [0.1, 0.15) is 13.3 Å². The predicted molar refractivity (Wildman–Crippen MR) is 43.5 cm³/mol. The van der Waals surface area contributed by atoms with Crippen molar-refractivity contribution in [2.45, 2.75) is 23.1 Å². The van der Waals surface area contributed by atoms with Crippen LogP contribution in [0.2, 0.25) is 3.67 Å². The smallest absolute Gasteiger partial charge is 0.317 e. The van der Waals surface area contributed by atoms with Gasteiger partial charge in [0.15, 0.2) is 0 Å². The molecule has 0 saturated carbocycles. The molecule has 0 saturated heterocycles. The molecule has 0 aromatic heterocycles. The third-order valence-electron chi connectivity index (χ3n) is 1.12. The number of carboxylic acids is 1. The summed E-state index contributed by atoms with van der Waals surface area (Å²) >= 11 is 1.13.